The summed E-state index contributed by atoms with van der Waals surface area (Å²) in [6, 6.07) is 23.1. The Balaban J connectivity index is 1.37. The molecule has 3 aromatic rings. The predicted molar refractivity (Wildman–Crippen MR) is 131 cm³/mol. The Morgan fingerprint density at radius 1 is 0.970 bits per heavy atom. The largest absolute Gasteiger partial charge is 0.379 e. The monoisotopic (exact) mass is 455 g/mol. The van der Waals surface area contributed by atoms with Gasteiger partial charge in [-0.3, -0.25) is 10.2 Å². The lowest BCUT2D eigenvalue weighted by Gasteiger charge is -2.27. The smallest absolute Gasteiger partial charge is 0.265 e. The average molecular weight is 456 g/mol. The van der Waals surface area contributed by atoms with Gasteiger partial charge in [0.1, 0.15) is 0 Å². The van der Waals surface area contributed by atoms with Gasteiger partial charge < -0.3 is 4.74 Å². The molecule has 5 nitrogen and oxygen atoms in total. The highest BCUT2D eigenvalue weighted by Gasteiger charge is 2.24. The van der Waals surface area contributed by atoms with Crippen molar-refractivity contribution in [2.75, 3.05) is 26.3 Å². The number of nitrogens with one attached hydrogen (secondary N) is 1. The van der Waals surface area contributed by atoms with Crippen molar-refractivity contribution in [3.8, 4) is 0 Å². The summed E-state index contributed by atoms with van der Waals surface area (Å²) in [4.78, 5) is 20.2. The van der Waals surface area contributed by atoms with E-state index >= 15 is 0 Å². The third-order valence-electron chi connectivity index (χ3n) is 6.32. The number of aliphatic imine (C=N–C) groups is 1. The number of hydrogen-bond donors (Lipinski definition) is 1. The van der Waals surface area contributed by atoms with Crippen LogP contribution in [-0.4, -0.2) is 42.9 Å². The van der Waals surface area contributed by atoms with Crippen LogP contribution in [0.1, 0.15) is 45.8 Å². The Kier molecular flexibility index (Phi) is 5.50. The molecule has 166 valence electrons. The second-order valence-electron chi connectivity index (χ2n) is 8.68. The molecule has 6 rings (SSSR count). The summed E-state index contributed by atoms with van der Waals surface area (Å²) in [6.45, 7) is 2.65. The normalized spacial score (nSPS) is 18.0. The fourth-order valence-corrected chi connectivity index (χ4v) is 5.32. The summed E-state index contributed by atoms with van der Waals surface area (Å²) in [5, 5.41) is 1.91. The van der Waals surface area contributed by atoms with Gasteiger partial charge in [0.2, 0.25) is 0 Å². The van der Waals surface area contributed by atoms with Crippen LogP contribution in [0.25, 0.3) is 0 Å². The van der Waals surface area contributed by atoms with Crippen LogP contribution in [0, 0.1) is 0 Å². The zero-order chi connectivity index (χ0) is 22.2. The summed E-state index contributed by atoms with van der Waals surface area (Å²) in [5.74, 6) is 0.614. The minimum Gasteiger partial charge on any atom is -0.379 e. The lowest BCUT2D eigenvalue weighted by Crippen LogP contribution is -2.48. The van der Waals surface area contributed by atoms with Gasteiger partial charge in [-0.25, -0.2) is 10.0 Å². The van der Waals surface area contributed by atoms with E-state index in [0.717, 1.165) is 33.3 Å². The number of amides is 1. The van der Waals surface area contributed by atoms with E-state index in [1.165, 1.54) is 23.3 Å². The van der Waals surface area contributed by atoms with E-state index in [9.17, 15) is 4.79 Å². The van der Waals surface area contributed by atoms with Crippen LogP contribution in [0.15, 0.2) is 81.5 Å². The number of hydrogen-bond acceptors (Lipinski definition) is 5. The van der Waals surface area contributed by atoms with Crippen LogP contribution in [-0.2, 0) is 4.74 Å². The second-order valence-corrected chi connectivity index (χ2v) is 9.76. The Morgan fingerprint density at radius 3 is 2.55 bits per heavy atom. The average Bonchev–Trinajstić information content (AvgIpc) is 3.71. The van der Waals surface area contributed by atoms with Crippen molar-refractivity contribution in [3.05, 3.63) is 89.0 Å². The number of benzene rings is 3. The molecule has 0 unspecified atom stereocenters. The summed E-state index contributed by atoms with van der Waals surface area (Å²) < 4.78 is 5.37. The van der Waals surface area contributed by atoms with Crippen molar-refractivity contribution >= 4 is 29.1 Å². The Morgan fingerprint density at radius 2 is 1.76 bits per heavy atom. The van der Waals surface area contributed by atoms with Gasteiger partial charge in [0.15, 0.2) is 0 Å². The molecule has 0 bridgehead atoms. The molecule has 0 spiro atoms. The number of rotatable bonds is 4. The molecule has 1 amide bonds. The fraction of sp³-hybridized carbons (Fsp3) is 0.259. The lowest BCUT2D eigenvalue weighted by atomic mass is 9.99. The molecule has 1 saturated carbocycles. The molecule has 6 heteroatoms. The molecular formula is C27H25N3O2S. The van der Waals surface area contributed by atoms with E-state index in [-0.39, 0.29) is 5.91 Å². The van der Waals surface area contributed by atoms with E-state index in [1.54, 1.807) is 11.8 Å². The van der Waals surface area contributed by atoms with Gasteiger partial charge in [0.25, 0.3) is 5.91 Å². The lowest BCUT2D eigenvalue weighted by molar-refractivity contribution is 0.0126. The molecule has 1 aliphatic carbocycles. The number of carbonyl (C=O) groups excluding carboxylic acids is 1. The molecule has 33 heavy (non-hydrogen) atoms. The van der Waals surface area contributed by atoms with Crippen LogP contribution in [0.4, 0.5) is 5.69 Å². The number of fused-ring (bicyclic) bond motifs is 2. The van der Waals surface area contributed by atoms with E-state index in [0.29, 0.717) is 31.9 Å². The third kappa shape index (κ3) is 4.34. The first-order chi connectivity index (χ1) is 16.2. The van der Waals surface area contributed by atoms with Crippen LogP contribution in [0.2, 0.25) is 0 Å². The van der Waals surface area contributed by atoms with E-state index in [1.807, 2.05) is 23.2 Å². The standard InChI is InChI=1S/C27H25N3O2S/c31-27(29-30-13-15-32-16-14-30)21-11-12-25-23(17-21)28-26(22-3-1-2-4-24(22)33-25)20-9-7-19(8-10-20)18-5-6-18/h1-4,7-12,17-18H,5-6,13-16H2,(H,29,31). The molecule has 1 N–H and O–H groups in total. The van der Waals surface area contributed by atoms with Gasteiger partial charge in [0.05, 0.1) is 24.6 Å². The van der Waals surface area contributed by atoms with Gasteiger partial charge in [-0.05, 0) is 48.6 Å². The van der Waals surface area contributed by atoms with Gasteiger partial charge in [-0.2, -0.15) is 0 Å². The first kappa shape index (κ1) is 20.7. The van der Waals surface area contributed by atoms with Crippen LogP contribution >= 0.6 is 11.8 Å². The number of ether oxygens (including phenoxy) is 1. The third-order valence-corrected chi connectivity index (χ3v) is 7.46. The van der Waals surface area contributed by atoms with Crippen LogP contribution < -0.4 is 5.43 Å². The van der Waals surface area contributed by atoms with Crippen molar-refractivity contribution in [2.45, 2.75) is 28.6 Å². The molecule has 1 saturated heterocycles. The van der Waals surface area contributed by atoms with Crippen molar-refractivity contribution in [3.63, 3.8) is 0 Å². The molecule has 0 radical (unpaired) electrons. The highest BCUT2D eigenvalue weighted by Crippen LogP contribution is 2.43. The van der Waals surface area contributed by atoms with E-state index in [4.69, 9.17) is 9.73 Å². The minimum atomic E-state index is -0.114. The maximum absolute atomic E-state index is 12.9. The summed E-state index contributed by atoms with van der Waals surface area (Å²) in [6.07, 6.45) is 2.59. The van der Waals surface area contributed by atoms with E-state index in [2.05, 4.69) is 54.0 Å². The maximum atomic E-state index is 12.9. The SMILES string of the molecule is O=C(NN1CCOCC1)c1ccc2c(c1)N=C(c1ccc(C3CC3)cc1)c1ccccc1S2. The van der Waals surface area contributed by atoms with Crippen LogP contribution in [0.3, 0.4) is 0 Å². The molecule has 0 aromatic heterocycles. The predicted octanol–water partition coefficient (Wildman–Crippen LogP) is 5.17. The molecule has 2 aliphatic heterocycles. The van der Waals surface area contributed by atoms with Gasteiger partial charge in [-0.1, -0.05) is 54.2 Å². The number of hydrazine groups is 1. The molecule has 0 atom stereocenters. The van der Waals surface area contributed by atoms with Crippen molar-refractivity contribution in [1.29, 1.82) is 0 Å². The number of nitrogens with zero attached hydrogens (tertiary/aromatic N) is 2. The first-order valence-electron chi connectivity index (χ1n) is 11.5. The van der Waals surface area contributed by atoms with E-state index < -0.39 is 0 Å². The van der Waals surface area contributed by atoms with Gasteiger partial charge >= 0.3 is 0 Å². The quantitative estimate of drug-likeness (QED) is 0.461. The second kappa shape index (κ2) is 8.78. The summed E-state index contributed by atoms with van der Waals surface area (Å²) in [5.41, 5.74) is 9.02. The zero-order valence-electron chi connectivity index (χ0n) is 18.3. The summed E-state index contributed by atoms with van der Waals surface area (Å²) >= 11 is 1.70. The molecule has 3 aliphatic rings. The Labute approximate surface area is 197 Å². The highest BCUT2D eigenvalue weighted by molar-refractivity contribution is 7.99. The van der Waals surface area contributed by atoms with Crippen molar-refractivity contribution < 1.29 is 9.53 Å². The first-order valence-corrected chi connectivity index (χ1v) is 12.3. The molecule has 3 aromatic carbocycles. The van der Waals surface area contributed by atoms with Crippen LogP contribution in [0.5, 0.6) is 0 Å². The maximum Gasteiger partial charge on any atom is 0.265 e. The van der Waals surface area contributed by atoms with Crippen molar-refractivity contribution in [1.82, 2.24) is 10.4 Å². The highest BCUT2D eigenvalue weighted by atomic mass is 32.2. The molecular weight excluding hydrogens is 430 g/mol. The molecule has 2 heterocycles. The number of morpholine rings is 1. The Hall–Kier alpha value is -2.93. The van der Waals surface area contributed by atoms with Crippen molar-refractivity contribution in [2.24, 2.45) is 4.99 Å². The topological polar surface area (TPSA) is 53.9 Å². The number of carbonyl (C=O) groups is 1. The van der Waals surface area contributed by atoms with Gasteiger partial charge in [-0.15, -0.1) is 0 Å². The zero-order valence-corrected chi connectivity index (χ0v) is 19.1. The summed E-state index contributed by atoms with van der Waals surface area (Å²) in [7, 11) is 0. The Bertz CT molecular complexity index is 1230. The fourth-order valence-electron chi connectivity index (χ4n) is 4.32. The minimum absolute atomic E-state index is 0.114. The molecule has 2 fully saturated rings. The van der Waals surface area contributed by atoms with Gasteiger partial charge in [0, 0.05) is 39.6 Å².